The van der Waals surface area contributed by atoms with Gasteiger partial charge in [0.2, 0.25) is 0 Å². The van der Waals surface area contributed by atoms with Crippen molar-refractivity contribution < 1.29 is 4.39 Å². The first-order valence-electron chi connectivity index (χ1n) is 5.49. The zero-order valence-electron chi connectivity index (χ0n) is 9.90. The third-order valence-corrected chi connectivity index (χ3v) is 3.34. The summed E-state index contributed by atoms with van der Waals surface area (Å²) in [4.78, 5) is 5.42. The molecule has 0 radical (unpaired) electrons. The molecule has 5 heteroatoms. The van der Waals surface area contributed by atoms with Crippen LogP contribution in [0.5, 0.6) is 0 Å². The van der Waals surface area contributed by atoms with Crippen molar-refractivity contribution in [3.63, 3.8) is 0 Å². The Labute approximate surface area is 109 Å². The summed E-state index contributed by atoms with van der Waals surface area (Å²) in [5, 5.41) is 13.0. The van der Waals surface area contributed by atoms with Gasteiger partial charge < -0.3 is 5.32 Å². The molecule has 0 saturated carbocycles. The molecule has 92 valence electrons. The molecule has 1 heterocycles. The summed E-state index contributed by atoms with van der Waals surface area (Å²) in [5.74, 6) is -0.475. The minimum atomic E-state index is -0.475. The lowest BCUT2D eigenvalue weighted by molar-refractivity contribution is 0.621. The third-order valence-electron chi connectivity index (χ3n) is 2.43. The zero-order chi connectivity index (χ0) is 13.0. The van der Waals surface area contributed by atoms with Crippen LogP contribution in [0, 0.1) is 24.1 Å². The Morgan fingerprint density at radius 1 is 1.44 bits per heavy atom. The summed E-state index contributed by atoms with van der Waals surface area (Å²) in [5.41, 5.74) is 0.973. The van der Waals surface area contributed by atoms with Crippen LogP contribution < -0.4 is 5.32 Å². The summed E-state index contributed by atoms with van der Waals surface area (Å²) in [6, 6.07) is 6.40. The Morgan fingerprint density at radius 2 is 2.28 bits per heavy atom. The van der Waals surface area contributed by atoms with E-state index in [2.05, 4.69) is 10.3 Å². The maximum absolute atomic E-state index is 13.1. The van der Waals surface area contributed by atoms with Crippen LogP contribution in [0.3, 0.4) is 0 Å². The van der Waals surface area contributed by atoms with Crippen LogP contribution in [0.15, 0.2) is 24.4 Å². The third kappa shape index (κ3) is 3.13. The average molecular weight is 261 g/mol. The number of aromatic nitrogens is 1. The molecule has 0 aliphatic heterocycles. The molecule has 0 spiro atoms. The Morgan fingerprint density at radius 3 is 2.94 bits per heavy atom. The van der Waals surface area contributed by atoms with Crippen LogP contribution in [0.1, 0.15) is 21.0 Å². The SMILES string of the molecule is Cc1cnc(CNCc2ccc(F)c(C#N)c2)s1. The molecule has 2 aromatic rings. The molecule has 1 aromatic heterocycles. The van der Waals surface area contributed by atoms with Crippen molar-refractivity contribution in [1.82, 2.24) is 10.3 Å². The van der Waals surface area contributed by atoms with Gasteiger partial charge in [-0.3, -0.25) is 0 Å². The van der Waals surface area contributed by atoms with Gasteiger partial charge in [0.25, 0.3) is 0 Å². The highest BCUT2D eigenvalue weighted by Gasteiger charge is 2.03. The van der Waals surface area contributed by atoms with Crippen molar-refractivity contribution in [2.24, 2.45) is 0 Å². The normalized spacial score (nSPS) is 10.3. The molecule has 0 atom stereocenters. The highest BCUT2D eigenvalue weighted by atomic mass is 32.1. The van der Waals surface area contributed by atoms with Gasteiger partial charge in [-0.25, -0.2) is 9.37 Å². The maximum atomic E-state index is 13.1. The van der Waals surface area contributed by atoms with Crippen LogP contribution in [0.4, 0.5) is 4.39 Å². The zero-order valence-corrected chi connectivity index (χ0v) is 10.7. The molecular weight excluding hydrogens is 249 g/mol. The standard InChI is InChI=1S/C13H12FN3S/c1-9-6-17-13(18-9)8-16-7-10-2-3-12(14)11(4-10)5-15/h2-4,6,16H,7-8H2,1H3. The van der Waals surface area contributed by atoms with Crippen LogP contribution in [0.2, 0.25) is 0 Å². The minimum Gasteiger partial charge on any atom is -0.306 e. The molecule has 18 heavy (non-hydrogen) atoms. The number of nitrogens with zero attached hydrogens (tertiary/aromatic N) is 2. The van der Waals surface area contributed by atoms with Crippen molar-refractivity contribution in [2.75, 3.05) is 0 Å². The molecule has 1 N–H and O–H groups in total. The van der Waals surface area contributed by atoms with Gasteiger partial charge in [-0.2, -0.15) is 5.26 Å². The van der Waals surface area contributed by atoms with E-state index < -0.39 is 5.82 Å². The molecular formula is C13H12FN3S. The van der Waals surface area contributed by atoms with Gasteiger partial charge in [0.1, 0.15) is 16.9 Å². The van der Waals surface area contributed by atoms with E-state index in [1.54, 1.807) is 23.5 Å². The number of hydrogen-bond acceptors (Lipinski definition) is 4. The fourth-order valence-electron chi connectivity index (χ4n) is 1.57. The largest absolute Gasteiger partial charge is 0.306 e. The van der Waals surface area contributed by atoms with Crippen LogP contribution >= 0.6 is 11.3 Å². The van der Waals surface area contributed by atoms with E-state index in [0.29, 0.717) is 13.1 Å². The second-order valence-electron chi connectivity index (χ2n) is 3.89. The number of nitriles is 1. The molecule has 0 unspecified atom stereocenters. The topological polar surface area (TPSA) is 48.7 Å². The number of thiazole rings is 1. The number of aryl methyl sites for hydroxylation is 1. The number of benzene rings is 1. The Bertz CT molecular complexity index is 586. The van der Waals surface area contributed by atoms with E-state index in [1.165, 1.54) is 10.9 Å². The Hall–Kier alpha value is -1.77. The Kier molecular flexibility index (Phi) is 4.03. The number of halogens is 1. The second kappa shape index (κ2) is 5.71. The molecule has 0 saturated heterocycles. The molecule has 2 rings (SSSR count). The average Bonchev–Trinajstić information content (AvgIpc) is 2.77. The van der Waals surface area contributed by atoms with Crippen LogP contribution in [0.25, 0.3) is 0 Å². The maximum Gasteiger partial charge on any atom is 0.140 e. The second-order valence-corrected chi connectivity index (χ2v) is 5.21. The first-order chi connectivity index (χ1) is 8.69. The van der Waals surface area contributed by atoms with Gasteiger partial charge in [0, 0.05) is 24.2 Å². The summed E-state index contributed by atoms with van der Waals surface area (Å²) >= 11 is 1.65. The molecule has 0 fully saturated rings. The van der Waals surface area contributed by atoms with Crippen molar-refractivity contribution >= 4 is 11.3 Å². The summed E-state index contributed by atoms with van der Waals surface area (Å²) < 4.78 is 13.1. The lowest BCUT2D eigenvalue weighted by Crippen LogP contribution is -2.12. The van der Waals surface area contributed by atoms with E-state index in [0.717, 1.165) is 10.6 Å². The number of rotatable bonds is 4. The van der Waals surface area contributed by atoms with Crippen LogP contribution in [-0.2, 0) is 13.1 Å². The lowest BCUT2D eigenvalue weighted by Gasteiger charge is -2.03. The van der Waals surface area contributed by atoms with E-state index in [-0.39, 0.29) is 5.56 Å². The first-order valence-corrected chi connectivity index (χ1v) is 6.31. The fourth-order valence-corrected chi connectivity index (χ4v) is 2.32. The molecule has 0 aliphatic rings. The van der Waals surface area contributed by atoms with E-state index >= 15 is 0 Å². The molecule has 0 amide bonds. The van der Waals surface area contributed by atoms with Gasteiger partial charge in [-0.15, -0.1) is 11.3 Å². The quantitative estimate of drug-likeness (QED) is 0.920. The lowest BCUT2D eigenvalue weighted by atomic mass is 10.1. The summed E-state index contributed by atoms with van der Waals surface area (Å²) in [6.45, 7) is 3.28. The van der Waals surface area contributed by atoms with E-state index in [1.807, 2.05) is 19.2 Å². The van der Waals surface area contributed by atoms with Gasteiger partial charge in [-0.1, -0.05) is 6.07 Å². The monoisotopic (exact) mass is 261 g/mol. The van der Waals surface area contributed by atoms with Crippen molar-refractivity contribution in [2.45, 2.75) is 20.0 Å². The van der Waals surface area contributed by atoms with Gasteiger partial charge in [0.05, 0.1) is 5.56 Å². The smallest absolute Gasteiger partial charge is 0.140 e. The number of hydrogen-bond donors (Lipinski definition) is 1. The van der Waals surface area contributed by atoms with Crippen molar-refractivity contribution in [3.8, 4) is 6.07 Å². The predicted molar refractivity (Wildman–Crippen MR) is 68.5 cm³/mol. The van der Waals surface area contributed by atoms with E-state index in [9.17, 15) is 4.39 Å². The van der Waals surface area contributed by atoms with Gasteiger partial charge >= 0.3 is 0 Å². The van der Waals surface area contributed by atoms with Crippen molar-refractivity contribution in [1.29, 1.82) is 5.26 Å². The predicted octanol–water partition coefficient (Wildman–Crippen LogP) is 2.75. The van der Waals surface area contributed by atoms with Gasteiger partial charge in [0.15, 0.2) is 0 Å². The molecule has 0 bridgehead atoms. The first kappa shape index (κ1) is 12.7. The number of nitrogens with one attached hydrogen (secondary N) is 1. The van der Waals surface area contributed by atoms with Crippen LogP contribution in [-0.4, -0.2) is 4.98 Å². The highest BCUT2D eigenvalue weighted by Crippen LogP contribution is 2.12. The minimum absolute atomic E-state index is 0.0828. The summed E-state index contributed by atoms with van der Waals surface area (Å²) in [7, 11) is 0. The van der Waals surface area contributed by atoms with Crippen molar-refractivity contribution in [3.05, 3.63) is 51.2 Å². The molecule has 1 aromatic carbocycles. The highest BCUT2D eigenvalue weighted by molar-refractivity contribution is 7.11. The fraction of sp³-hybridized carbons (Fsp3) is 0.231. The molecule has 3 nitrogen and oxygen atoms in total. The van der Waals surface area contributed by atoms with E-state index in [4.69, 9.17) is 5.26 Å². The molecule has 0 aliphatic carbocycles. The Balaban J connectivity index is 1.93. The summed E-state index contributed by atoms with van der Waals surface area (Å²) in [6.07, 6.45) is 1.84. The van der Waals surface area contributed by atoms with Gasteiger partial charge in [-0.05, 0) is 24.6 Å².